The third-order valence-electron chi connectivity index (χ3n) is 4.41. The molecule has 1 N–H and O–H groups in total. The molecule has 0 radical (unpaired) electrons. The van der Waals surface area contributed by atoms with Crippen LogP contribution >= 0.6 is 0 Å². The number of amides is 1. The van der Waals surface area contributed by atoms with E-state index in [1.807, 2.05) is 4.68 Å². The van der Waals surface area contributed by atoms with Gasteiger partial charge in [-0.2, -0.15) is 5.10 Å². The van der Waals surface area contributed by atoms with Gasteiger partial charge in [0.25, 0.3) is 5.91 Å². The Morgan fingerprint density at radius 3 is 2.88 bits per heavy atom. The Balaban J connectivity index is 1.60. The lowest BCUT2D eigenvalue weighted by Crippen LogP contribution is -2.30. The van der Waals surface area contributed by atoms with Crippen LogP contribution in [0.4, 0.5) is 4.39 Å². The number of aryl methyl sites for hydroxylation is 1. The number of nitrogens with one attached hydrogen (secondary N) is 1. The highest BCUT2D eigenvalue weighted by Gasteiger charge is 2.27. The van der Waals surface area contributed by atoms with Gasteiger partial charge in [-0.15, -0.1) is 0 Å². The molecule has 1 aliphatic carbocycles. The molecule has 1 aromatic carbocycles. The molecular formula is C18H17FN4O2. The van der Waals surface area contributed by atoms with Crippen molar-refractivity contribution in [2.45, 2.75) is 32.2 Å². The number of carbonyl (C=O) groups is 1. The van der Waals surface area contributed by atoms with Crippen molar-refractivity contribution in [3.63, 3.8) is 0 Å². The van der Waals surface area contributed by atoms with Crippen LogP contribution in [-0.2, 0) is 6.42 Å². The molecule has 0 saturated heterocycles. The molecule has 1 atom stereocenters. The average molecular weight is 340 g/mol. The van der Waals surface area contributed by atoms with Gasteiger partial charge in [-0.1, -0.05) is 5.16 Å². The molecule has 0 saturated carbocycles. The highest BCUT2D eigenvalue weighted by Crippen LogP contribution is 2.31. The van der Waals surface area contributed by atoms with Gasteiger partial charge in [-0.3, -0.25) is 4.79 Å². The second-order valence-corrected chi connectivity index (χ2v) is 6.19. The lowest BCUT2D eigenvalue weighted by atomic mass is 9.92. The summed E-state index contributed by atoms with van der Waals surface area (Å²) in [6.07, 6.45) is 4.40. The Bertz CT molecular complexity index is 914. The first-order valence-corrected chi connectivity index (χ1v) is 8.19. The van der Waals surface area contributed by atoms with Crippen molar-refractivity contribution < 1.29 is 13.7 Å². The normalized spacial score (nSPS) is 16.5. The van der Waals surface area contributed by atoms with E-state index in [4.69, 9.17) is 4.52 Å². The molecule has 1 aliphatic rings. The fourth-order valence-electron chi connectivity index (χ4n) is 3.21. The maximum atomic E-state index is 13.1. The van der Waals surface area contributed by atoms with Gasteiger partial charge in [0.1, 0.15) is 5.82 Å². The first-order chi connectivity index (χ1) is 12.1. The Kier molecular flexibility index (Phi) is 3.83. The van der Waals surface area contributed by atoms with Crippen LogP contribution < -0.4 is 5.32 Å². The molecule has 0 spiro atoms. The zero-order valence-corrected chi connectivity index (χ0v) is 13.7. The largest absolute Gasteiger partial charge is 0.351 e. The van der Waals surface area contributed by atoms with Gasteiger partial charge < -0.3 is 9.84 Å². The topological polar surface area (TPSA) is 73.0 Å². The van der Waals surface area contributed by atoms with E-state index in [1.54, 1.807) is 31.3 Å². The summed E-state index contributed by atoms with van der Waals surface area (Å²) in [5, 5.41) is 11.2. The number of carbonyl (C=O) groups excluding carboxylic acids is 1. The minimum absolute atomic E-state index is 0.129. The first-order valence-electron chi connectivity index (χ1n) is 8.19. The summed E-state index contributed by atoms with van der Waals surface area (Å²) in [4.78, 5) is 12.3. The van der Waals surface area contributed by atoms with Gasteiger partial charge >= 0.3 is 0 Å². The fourth-order valence-corrected chi connectivity index (χ4v) is 3.21. The molecule has 2 aromatic heterocycles. The molecule has 25 heavy (non-hydrogen) atoms. The van der Waals surface area contributed by atoms with E-state index in [2.05, 4.69) is 15.6 Å². The minimum Gasteiger partial charge on any atom is -0.351 e. The maximum Gasteiger partial charge on any atom is 0.290 e. The monoisotopic (exact) mass is 340 g/mol. The quantitative estimate of drug-likeness (QED) is 0.795. The van der Waals surface area contributed by atoms with E-state index in [0.29, 0.717) is 5.69 Å². The summed E-state index contributed by atoms with van der Waals surface area (Å²) in [6, 6.07) is 7.71. The second kappa shape index (κ2) is 6.16. The molecule has 0 bridgehead atoms. The van der Waals surface area contributed by atoms with E-state index in [-0.39, 0.29) is 23.5 Å². The van der Waals surface area contributed by atoms with Crippen LogP contribution in [0.15, 0.2) is 41.1 Å². The van der Waals surface area contributed by atoms with Crippen molar-refractivity contribution in [3.05, 3.63) is 65.1 Å². The van der Waals surface area contributed by atoms with Gasteiger partial charge in [0.15, 0.2) is 0 Å². The van der Waals surface area contributed by atoms with Crippen molar-refractivity contribution in [2.75, 3.05) is 0 Å². The Morgan fingerprint density at radius 1 is 1.36 bits per heavy atom. The molecule has 2 heterocycles. The zero-order chi connectivity index (χ0) is 17.4. The van der Waals surface area contributed by atoms with Crippen molar-refractivity contribution >= 4 is 5.91 Å². The van der Waals surface area contributed by atoms with Crippen LogP contribution in [0.25, 0.3) is 5.69 Å². The van der Waals surface area contributed by atoms with Crippen LogP contribution in [0.3, 0.4) is 0 Å². The standard InChI is InChI=1S/C18H17FN4O2/c1-11-9-17(25-22-11)18(24)21-15-3-2-4-16-14(15)10-20-23(16)13-7-5-12(19)6-8-13/h5-10,15H,2-4H2,1H3,(H,21,24)/t15-/m1/s1. The lowest BCUT2D eigenvalue weighted by Gasteiger charge is -2.23. The van der Waals surface area contributed by atoms with Gasteiger partial charge in [0.2, 0.25) is 5.76 Å². The number of aromatic nitrogens is 3. The third kappa shape index (κ3) is 2.93. The first kappa shape index (κ1) is 15.6. The molecule has 4 rings (SSSR count). The number of benzene rings is 1. The van der Waals surface area contributed by atoms with E-state index in [0.717, 1.165) is 36.2 Å². The maximum absolute atomic E-state index is 13.1. The van der Waals surface area contributed by atoms with E-state index in [9.17, 15) is 9.18 Å². The fraction of sp³-hybridized carbons (Fsp3) is 0.278. The van der Waals surface area contributed by atoms with E-state index < -0.39 is 0 Å². The van der Waals surface area contributed by atoms with Crippen molar-refractivity contribution in [3.8, 4) is 5.69 Å². The Labute approximate surface area is 143 Å². The number of hydrogen-bond acceptors (Lipinski definition) is 4. The number of halogens is 1. The SMILES string of the molecule is Cc1cc(C(=O)N[C@@H]2CCCc3c2cnn3-c2ccc(F)cc2)on1. The number of nitrogens with zero attached hydrogens (tertiary/aromatic N) is 3. The summed E-state index contributed by atoms with van der Waals surface area (Å²) >= 11 is 0. The summed E-state index contributed by atoms with van der Waals surface area (Å²) in [5.41, 5.74) is 3.50. The van der Waals surface area contributed by atoms with Crippen LogP contribution in [0.2, 0.25) is 0 Å². The van der Waals surface area contributed by atoms with Gasteiger partial charge in [0, 0.05) is 17.3 Å². The van der Waals surface area contributed by atoms with Crippen LogP contribution in [0.1, 0.15) is 46.4 Å². The molecule has 1 amide bonds. The summed E-state index contributed by atoms with van der Waals surface area (Å²) in [6.45, 7) is 1.77. The zero-order valence-electron chi connectivity index (χ0n) is 13.7. The smallest absolute Gasteiger partial charge is 0.290 e. The van der Waals surface area contributed by atoms with Crippen molar-refractivity contribution in [2.24, 2.45) is 0 Å². The van der Waals surface area contributed by atoms with Crippen LogP contribution in [0, 0.1) is 12.7 Å². The predicted octanol–water partition coefficient (Wildman–Crippen LogP) is 3.12. The highest BCUT2D eigenvalue weighted by molar-refractivity contribution is 5.91. The second-order valence-electron chi connectivity index (χ2n) is 6.19. The minimum atomic E-state index is -0.284. The molecule has 0 unspecified atom stereocenters. The number of rotatable bonds is 3. The number of fused-ring (bicyclic) bond motifs is 1. The average Bonchev–Trinajstić information content (AvgIpc) is 3.23. The van der Waals surface area contributed by atoms with E-state index in [1.165, 1.54) is 12.1 Å². The highest BCUT2D eigenvalue weighted by atomic mass is 19.1. The Morgan fingerprint density at radius 2 is 2.16 bits per heavy atom. The summed E-state index contributed by atoms with van der Waals surface area (Å²) in [5.74, 6) is -0.360. The number of hydrogen-bond donors (Lipinski definition) is 1. The van der Waals surface area contributed by atoms with E-state index >= 15 is 0 Å². The van der Waals surface area contributed by atoms with Gasteiger partial charge in [-0.05, 0) is 50.5 Å². The molecule has 0 fully saturated rings. The van der Waals surface area contributed by atoms with Crippen LogP contribution in [-0.4, -0.2) is 20.8 Å². The molecule has 3 aromatic rings. The molecule has 128 valence electrons. The van der Waals surface area contributed by atoms with Gasteiger partial charge in [-0.25, -0.2) is 9.07 Å². The molecule has 6 nitrogen and oxygen atoms in total. The summed E-state index contributed by atoms with van der Waals surface area (Å²) in [7, 11) is 0. The molecule has 0 aliphatic heterocycles. The van der Waals surface area contributed by atoms with Gasteiger partial charge in [0.05, 0.1) is 23.6 Å². The predicted molar refractivity (Wildman–Crippen MR) is 87.9 cm³/mol. The third-order valence-corrected chi connectivity index (χ3v) is 4.41. The lowest BCUT2D eigenvalue weighted by molar-refractivity contribution is 0.0895. The van der Waals surface area contributed by atoms with Crippen molar-refractivity contribution in [1.82, 2.24) is 20.3 Å². The molecule has 7 heteroatoms. The summed E-state index contributed by atoms with van der Waals surface area (Å²) < 4.78 is 20.0. The molecular weight excluding hydrogens is 323 g/mol. The Hall–Kier alpha value is -2.96. The van der Waals surface area contributed by atoms with Crippen LogP contribution in [0.5, 0.6) is 0 Å². The van der Waals surface area contributed by atoms with Crippen molar-refractivity contribution in [1.29, 1.82) is 0 Å².